The summed E-state index contributed by atoms with van der Waals surface area (Å²) in [6, 6.07) is 11.5. The van der Waals surface area contributed by atoms with Crippen LogP contribution in [0.15, 0.2) is 42.6 Å². The molecule has 0 saturated carbocycles. The first-order valence-corrected chi connectivity index (χ1v) is 6.79. The second kappa shape index (κ2) is 5.55. The SMILES string of the molecule is Bc1cnc2ccc(OCCc3cccc(Cl)c3)nn12. The molecule has 0 aliphatic rings. The van der Waals surface area contributed by atoms with Gasteiger partial charge in [0.05, 0.1) is 6.61 Å². The van der Waals surface area contributed by atoms with E-state index < -0.39 is 0 Å². The fourth-order valence-corrected chi connectivity index (χ4v) is 2.23. The lowest BCUT2D eigenvalue weighted by molar-refractivity contribution is 0.305. The van der Waals surface area contributed by atoms with E-state index in [2.05, 4.69) is 10.1 Å². The van der Waals surface area contributed by atoms with Crippen molar-refractivity contribution in [2.45, 2.75) is 6.42 Å². The Balaban J connectivity index is 1.66. The molecule has 0 spiro atoms. The third-order valence-electron chi connectivity index (χ3n) is 3.04. The number of benzene rings is 1. The average molecular weight is 286 g/mol. The smallest absolute Gasteiger partial charge is 0.231 e. The van der Waals surface area contributed by atoms with E-state index in [-0.39, 0.29) is 0 Å². The van der Waals surface area contributed by atoms with Crippen LogP contribution in [0.1, 0.15) is 5.56 Å². The van der Waals surface area contributed by atoms with Crippen LogP contribution in [0.2, 0.25) is 5.02 Å². The van der Waals surface area contributed by atoms with Gasteiger partial charge in [-0.2, -0.15) is 0 Å². The van der Waals surface area contributed by atoms with Gasteiger partial charge in [0.15, 0.2) is 13.5 Å². The molecule has 6 heteroatoms. The van der Waals surface area contributed by atoms with Gasteiger partial charge in [-0.1, -0.05) is 23.7 Å². The molecule has 100 valence electrons. The molecule has 2 aromatic heterocycles. The number of nitrogens with zero attached hydrogens (tertiary/aromatic N) is 3. The zero-order chi connectivity index (χ0) is 13.9. The predicted octanol–water partition coefficient (Wildman–Crippen LogP) is 1.26. The molecule has 0 N–H and O–H groups in total. The van der Waals surface area contributed by atoms with Crippen LogP contribution in [0.3, 0.4) is 0 Å². The number of rotatable bonds is 4. The van der Waals surface area contributed by atoms with E-state index >= 15 is 0 Å². The minimum Gasteiger partial charge on any atom is -0.476 e. The third-order valence-corrected chi connectivity index (χ3v) is 3.27. The normalized spacial score (nSPS) is 10.8. The summed E-state index contributed by atoms with van der Waals surface area (Å²) in [7, 11) is 1.96. The molecule has 0 amide bonds. The van der Waals surface area contributed by atoms with Crippen molar-refractivity contribution in [2.75, 3.05) is 6.61 Å². The van der Waals surface area contributed by atoms with Crippen molar-refractivity contribution < 1.29 is 4.74 Å². The monoisotopic (exact) mass is 285 g/mol. The predicted molar refractivity (Wildman–Crippen MR) is 81.8 cm³/mol. The van der Waals surface area contributed by atoms with Crippen LogP contribution in [0.25, 0.3) is 5.65 Å². The summed E-state index contributed by atoms with van der Waals surface area (Å²) in [5.74, 6) is 0.598. The highest BCUT2D eigenvalue weighted by atomic mass is 35.5. The van der Waals surface area contributed by atoms with Crippen LogP contribution in [0, 0.1) is 0 Å². The largest absolute Gasteiger partial charge is 0.476 e. The highest BCUT2D eigenvalue weighted by Gasteiger charge is 2.03. The second-order valence-electron chi connectivity index (χ2n) is 4.57. The van der Waals surface area contributed by atoms with E-state index in [9.17, 15) is 0 Å². The maximum absolute atomic E-state index is 5.95. The number of aromatic nitrogens is 3. The maximum atomic E-state index is 5.95. The number of halogens is 1. The van der Waals surface area contributed by atoms with Crippen LogP contribution in [-0.2, 0) is 6.42 Å². The van der Waals surface area contributed by atoms with E-state index in [1.807, 2.05) is 44.2 Å². The Labute approximate surface area is 122 Å². The van der Waals surface area contributed by atoms with E-state index in [1.165, 1.54) is 0 Å². The van der Waals surface area contributed by atoms with E-state index in [0.717, 1.165) is 28.2 Å². The van der Waals surface area contributed by atoms with Gasteiger partial charge in [0, 0.05) is 29.3 Å². The summed E-state index contributed by atoms with van der Waals surface area (Å²) in [6.45, 7) is 0.562. The van der Waals surface area contributed by atoms with Crippen molar-refractivity contribution in [1.82, 2.24) is 14.6 Å². The van der Waals surface area contributed by atoms with Crippen LogP contribution >= 0.6 is 11.6 Å². The van der Waals surface area contributed by atoms with Gasteiger partial charge in [0.2, 0.25) is 5.88 Å². The Bertz CT molecular complexity index is 744. The van der Waals surface area contributed by atoms with Gasteiger partial charge in [-0.3, -0.25) is 0 Å². The molecule has 4 nitrogen and oxygen atoms in total. The Hall–Kier alpha value is -2.01. The van der Waals surface area contributed by atoms with Gasteiger partial charge in [-0.05, 0) is 23.8 Å². The molecule has 0 aliphatic carbocycles. The maximum Gasteiger partial charge on any atom is 0.231 e. The number of fused-ring (bicyclic) bond motifs is 1. The fraction of sp³-hybridized carbons (Fsp3) is 0.143. The van der Waals surface area contributed by atoms with E-state index in [0.29, 0.717) is 12.5 Å². The minimum absolute atomic E-state index is 0.562. The van der Waals surface area contributed by atoms with Crippen molar-refractivity contribution in [2.24, 2.45) is 0 Å². The molecule has 2 heterocycles. The summed E-state index contributed by atoms with van der Waals surface area (Å²) >= 11 is 5.95. The lowest BCUT2D eigenvalue weighted by Gasteiger charge is -2.06. The van der Waals surface area contributed by atoms with Gasteiger partial charge < -0.3 is 4.74 Å². The van der Waals surface area contributed by atoms with Crippen molar-refractivity contribution >= 4 is 30.7 Å². The summed E-state index contributed by atoms with van der Waals surface area (Å²) in [6.07, 6.45) is 2.58. The average Bonchev–Trinajstić information content (AvgIpc) is 2.80. The van der Waals surface area contributed by atoms with Crippen LogP contribution in [0.4, 0.5) is 0 Å². The standard InChI is InChI=1S/C14H13BClN3O/c15-12-9-17-13-4-5-14(18-19(12)13)20-7-6-10-2-1-3-11(16)8-10/h1-5,8-9H,6-7,15H2. The van der Waals surface area contributed by atoms with Gasteiger partial charge in [0.1, 0.15) is 0 Å². The highest BCUT2D eigenvalue weighted by Crippen LogP contribution is 2.12. The number of hydrogen-bond acceptors (Lipinski definition) is 3. The molecule has 3 aromatic rings. The molecule has 0 bridgehead atoms. The molecule has 20 heavy (non-hydrogen) atoms. The van der Waals surface area contributed by atoms with E-state index in [4.69, 9.17) is 16.3 Å². The van der Waals surface area contributed by atoms with Crippen LogP contribution < -0.4 is 10.3 Å². The van der Waals surface area contributed by atoms with Crippen molar-refractivity contribution in [3.05, 3.63) is 53.2 Å². The van der Waals surface area contributed by atoms with Crippen molar-refractivity contribution in [3.8, 4) is 5.88 Å². The molecule has 0 fully saturated rings. The molecule has 0 aliphatic heterocycles. The summed E-state index contributed by atoms with van der Waals surface area (Å²) < 4.78 is 7.45. The summed E-state index contributed by atoms with van der Waals surface area (Å²) in [4.78, 5) is 4.23. The molecule has 3 rings (SSSR count). The van der Waals surface area contributed by atoms with Gasteiger partial charge >= 0.3 is 0 Å². The second-order valence-corrected chi connectivity index (χ2v) is 5.01. The Morgan fingerprint density at radius 3 is 3.00 bits per heavy atom. The Morgan fingerprint density at radius 2 is 2.15 bits per heavy atom. The molecule has 0 saturated heterocycles. The summed E-state index contributed by atoms with van der Waals surface area (Å²) in [5, 5.41) is 5.14. The quantitative estimate of drug-likeness (QED) is 0.678. The first-order valence-electron chi connectivity index (χ1n) is 6.41. The van der Waals surface area contributed by atoms with Crippen LogP contribution in [-0.4, -0.2) is 29.1 Å². The lowest BCUT2D eigenvalue weighted by Crippen LogP contribution is -2.13. The topological polar surface area (TPSA) is 39.4 Å². The van der Waals surface area contributed by atoms with Crippen LogP contribution in [0.5, 0.6) is 5.88 Å². The molecule has 0 atom stereocenters. The minimum atomic E-state index is 0.562. The molecule has 1 aromatic carbocycles. The first-order chi connectivity index (χ1) is 9.72. The molecule has 0 radical (unpaired) electrons. The van der Waals surface area contributed by atoms with Gasteiger partial charge in [-0.15, -0.1) is 5.10 Å². The molecular weight excluding hydrogens is 272 g/mol. The first kappa shape index (κ1) is 13.0. The Kier molecular flexibility index (Phi) is 3.61. The van der Waals surface area contributed by atoms with Crippen molar-refractivity contribution in [1.29, 1.82) is 0 Å². The van der Waals surface area contributed by atoms with Crippen molar-refractivity contribution in [3.63, 3.8) is 0 Å². The van der Waals surface area contributed by atoms with Gasteiger partial charge in [-0.25, -0.2) is 9.50 Å². The Morgan fingerprint density at radius 1 is 1.25 bits per heavy atom. The lowest BCUT2D eigenvalue weighted by atomic mass is 10.1. The molecule has 0 unspecified atom stereocenters. The zero-order valence-corrected chi connectivity index (χ0v) is 11.8. The number of ether oxygens (including phenoxy) is 1. The van der Waals surface area contributed by atoms with Gasteiger partial charge in [0.25, 0.3) is 0 Å². The fourth-order valence-electron chi connectivity index (χ4n) is 2.01. The number of hydrogen-bond donors (Lipinski definition) is 0. The van der Waals surface area contributed by atoms with E-state index in [1.54, 1.807) is 10.7 Å². The summed E-state index contributed by atoms with van der Waals surface area (Å²) in [5.41, 5.74) is 2.96. The highest BCUT2D eigenvalue weighted by molar-refractivity contribution is 6.31. The number of imidazole rings is 1. The zero-order valence-electron chi connectivity index (χ0n) is 11.1. The molecular formula is C14H13BClN3O. The third kappa shape index (κ3) is 2.78.